The van der Waals surface area contributed by atoms with Gasteiger partial charge in [-0.2, -0.15) is 0 Å². The van der Waals surface area contributed by atoms with E-state index in [0.29, 0.717) is 0 Å². The minimum atomic E-state index is 0.762. The van der Waals surface area contributed by atoms with Gasteiger partial charge >= 0.3 is 57.7 Å². The zero-order valence-corrected chi connectivity index (χ0v) is 6.26. The van der Waals surface area contributed by atoms with E-state index < -0.39 is 0 Å². The molecule has 8 heavy (non-hydrogen) atoms. The molecule has 0 unspecified atom stereocenters. The first-order valence-corrected chi connectivity index (χ1v) is 4.72. The van der Waals surface area contributed by atoms with E-state index in [9.17, 15) is 0 Å². The predicted octanol–water partition coefficient (Wildman–Crippen LogP) is 1.44. The molecule has 0 amide bonds. The van der Waals surface area contributed by atoms with Crippen LogP contribution in [0.25, 0.3) is 0 Å². The molecule has 0 heterocycles. The molecule has 0 aromatic heterocycles. The zero-order valence-electron chi connectivity index (χ0n) is 4.70. The van der Waals surface area contributed by atoms with Gasteiger partial charge in [0, 0.05) is 0 Å². The average Bonchev–Trinajstić information content (AvgIpc) is 1.90. The molecule has 1 aromatic carbocycles. The Morgan fingerprint density at radius 3 is 2.12 bits per heavy atom. The summed E-state index contributed by atoms with van der Waals surface area (Å²) < 4.78 is 1.46. The molecule has 0 aliphatic carbocycles. The molecule has 0 saturated carbocycles. The van der Waals surface area contributed by atoms with Gasteiger partial charge in [0.15, 0.2) is 0 Å². The van der Waals surface area contributed by atoms with Gasteiger partial charge in [-0.15, -0.1) is 0 Å². The summed E-state index contributed by atoms with van der Waals surface area (Å²) in [6.07, 6.45) is 0. The molecule has 0 spiro atoms. The van der Waals surface area contributed by atoms with E-state index in [1.807, 2.05) is 6.07 Å². The van der Waals surface area contributed by atoms with Crippen LogP contribution < -0.4 is 4.04 Å². The van der Waals surface area contributed by atoms with Crippen LogP contribution in [0, 0.1) is 0 Å². The molecular weight excluding hydrogens is 190 g/mol. The zero-order chi connectivity index (χ0) is 5.82. The van der Waals surface area contributed by atoms with Crippen molar-refractivity contribution in [1.29, 1.82) is 0 Å². The molecule has 0 fully saturated rings. The van der Waals surface area contributed by atoms with Crippen molar-refractivity contribution >= 4 is 4.04 Å². The van der Waals surface area contributed by atoms with E-state index in [2.05, 4.69) is 29.7 Å². The molecule has 0 saturated heterocycles. The van der Waals surface area contributed by atoms with Gasteiger partial charge in [-0.3, -0.25) is 0 Å². The fourth-order valence-electron chi connectivity index (χ4n) is 0.508. The fraction of sp³-hybridized carbons (Fsp3) is 0.143. The van der Waals surface area contributed by atoms with Gasteiger partial charge in [0.25, 0.3) is 0 Å². The molecule has 0 aliphatic heterocycles. The van der Waals surface area contributed by atoms with Gasteiger partial charge in [0.2, 0.25) is 0 Å². The van der Waals surface area contributed by atoms with Crippen LogP contribution in [-0.2, 0) is 18.0 Å². The van der Waals surface area contributed by atoms with Crippen molar-refractivity contribution in [3.63, 3.8) is 0 Å². The first kappa shape index (κ1) is 6.01. The van der Waals surface area contributed by atoms with Crippen molar-refractivity contribution in [3.05, 3.63) is 30.3 Å². The molecule has 1 heteroatoms. The van der Waals surface area contributed by atoms with Gasteiger partial charge in [-0.1, -0.05) is 0 Å². The molecule has 1 aromatic rings. The first-order chi connectivity index (χ1) is 3.93. The van der Waals surface area contributed by atoms with Crippen molar-refractivity contribution < 1.29 is 18.0 Å². The standard InChI is InChI=1S/C6H5.CH3.Pd/c1-2-4-6-5-3-1;;/h1-5H;1H3;. The summed E-state index contributed by atoms with van der Waals surface area (Å²) in [5.74, 6) is 0. The van der Waals surface area contributed by atoms with Crippen LogP contribution >= 0.6 is 0 Å². The van der Waals surface area contributed by atoms with Crippen LogP contribution in [0.1, 0.15) is 0 Å². The Kier molecular flexibility index (Phi) is 2.27. The summed E-state index contributed by atoms with van der Waals surface area (Å²) in [4.78, 5) is 0. The quantitative estimate of drug-likeness (QED) is 0.599. The second-order valence-corrected chi connectivity index (χ2v) is 3.09. The molecule has 0 aliphatic rings. The van der Waals surface area contributed by atoms with Gasteiger partial charge in [0.1, 0.15) is 0 Å². The van der Waals surface area contributed by atoms with Crippen molar-refractivity contribution in [2.75, 3.05) is 0 Å². The third-order valence-corrected chi connectivity index (χ3v) is 2.31. The van der Waals surface area contributed by atoms with E-state index in [4.69, 9.17) is 0 Å². The Bertz CT molecular complexity index is 146. The summed E-state index contributed by atoms with van der Waals surface area (Å²) in [5.41, 5.74) is 0. The van der Waals surface area contributed by atoms with Crippen LogP contribution in [0.15, 0.2) is 30.3 Å². The van der Waals surface area contributed by atoms with E-state index in [1.54, 1.807) is 0 Å². The van der Waals surface area contributed by atoms with Crippen LogP contribution in [0.3, 0.4) is 0 Å². The topological polar surface area (TPSA) is 0 Å². The minimum absolute atomic E-state index is 0.762. The Hall–Kier alpha value is -0.118. The van der Waals surface area contributed by atoms with Crippen LogP contribution in [-0.4, -0.2) is 0 Å². The SMILES string of the molecule is [CH3][Pd][c]1ccccc1. The number of hydrogen-bond donors (Lipinski definition) is 0. The summed E-state index contributed by atoms with van der Waals surface area (Å²) >= 11 is 0.762. The van der Waals surface area contributed by atoms with Crippen molar-refractivity contribution in [3.8, 4) is 0 Å². The second kappa shape index (κ2) is 3.02. The summed E-state index contributed by atoms with van der Waals surface area (Å²) in [7, 11) is 0. The van der Waals surface area contributed by atoms with Crippen molar-refractivity contribution in [1.82, 2.24) is 0 Å². The molecule has 0 bridgehead atoms. The molecule has 46 valence electrons. The van der Waals surface area contributed by atoms with E-state index >= 15 is 0 Å². The van der Waals surface area contributed by atoms with Gasteiger partial charge in [0.05, 0.1) is 0 Å². The van der Waals surface area contributed by atoms with Crippen LogP contribution in [0.5, 0.6) is 0 Å². The molecular formula is C7H8Pd. The van der Waals surface area contributed by atoms with Gasteiger partial charge in [-0.05, 0) is 0 Å². The summed E-state index contributed by atoms with van der Waals surface area (Å²) in [6, 6.07) is 10.5. The second-order valence-electron chi connectivity index (χ2n) is 1.42. The molecule has 1 rings (SSSR count). The predicted molar refractivity (Wildman–Crippen MR) is 31.9 cm³/mol. The maximum atomic E-state index is 2.21. The third-order valence-electron chi connectivity index (χ3n) is 0.895. The monoisotopic (exact) mass is 198 g/mol. The van der Waals surface area contributed by atoms with E-state index in [1.165, 1.54) is 4.04 Å². The van der Waals surface area contributed by atoms with Gasteiger partial charge < -0.3 is 0 Å². The first-order valence-electron chi connectivity index (χ1n) is 2.39. The van der Waals surface area contributed by atoms with E-state index in [0.717, 1.165) is 18.0 Å². The normalized spacial score (nSPS) is 9.62. The fourth-order valence-corrected chi connectivity index (χ4v) is 1.33. The average molecular weight is 199 g/mol. The van der Waals surface area contributed by atoms with Crippen LogP contribution in [0.4, 0.5) is 0 Å². The number of benzene rings is 1. The molecule has 0 atom stereocenters. The Morgan fingerprint density at radius 1 is 1.12 bits per heavy atom. The Labute approximate surface area is 58.1 Å². The Morgan fingerprint density at radius 2 is 1.75 bits per heavy atom. The summed E-state index contributed by atoms with van der Waals surface area (Å²) in [5, 5.41) is 2.21. The van der Waals surface area contributed by atoms with Crippen molar-refractivity contribution in [2.24, 2.45) is 0 Å². The van der Waals surface area contributed by atoms with Crippen LogP contribution in [0.2, 0.25) is 5.40 Å². The van der Waals surface area contributed by atoms with Crippen molar-refractivity contribution in [2.45, 2.75) is 5.40 Å². The summed E-state index contributed by atoms with van der Waals surface area (Å²) in [6.45, 7) is 0. The molecule has 0 radical (unpaired) electrons. The molecule has 0 N–H and O–H groups in total. The number of hydrogen-bond acceptors (Lipinski definition) is 0. The Balaban J connectivity index is 2.83. The number of rotatable bonds is 1. The van der Waals surface area contributed by atoms with Gasteiger partial charge in [-0.25, -0.2) is 0 Å². The third kappa shape index (κ3) is 1.44. The molecule has 0 nitrogen and oxygen atoms in total. The van der Waals surface area contributed by atoms with E-state index in [-0.39, 0.29) is 0 Å². The maximum absolute atomic E-state index is 2.21.